The monoisotopic (exact) mass is 456 g/mol. The maximum atomic E-state index is 13.4. The second-order valence-corrected chi connectivity index (χ2v) is 11.4. The number of halogens is 3. The van der Waals surface area contributed by atoms with E-state index in [4.69, 9.17) is 34.8 Å². The molecule has 2 aromatic rings. The molecule has 0 radical (unpaired) electrons. The molecule has 0 aliphatic carbocycles. The molecule has 0 fully saturated rings. The van der Waals surface area contributed by atoms with Gasteiger partial charge in [0.2, 0.25) is 0 Å². The van der Waals surface area contributed by atoms with Crippen molar-refractivity contribution in [2.45, 2.75) is 47.0 Å². The van der Waals surface area contributed by atoms with Crippen molar-refractivity contribution in [2.75, 3.05) is 6.16 Å². The van der Waals surface area contributed by atoms with Gasteiger partial charge in [-0.3, -0.25) is 9.59 Å². The minimum Gasteiger partial charge on any atom is -0.289 e. The first kappa shape index (κ1) is 23.4. The third-order valence-electron chi connectivity index (χ3n) is 4.64. The highest BCUT2D eigenvalue weighted by Crippen LogP contribution is 2.47. The van der Waals surface area contributed by atoms with E-state index in [-0.39, 0.29) is 32.1 Å². The van der Waals surface area contributed by atoms with Gasteiger partial charge in [0.1, 0.15) is 0 Å². The first-order valence-corrected chi connectivity index (χ1v) is 11.7. The van der Waals surface area contributed by atoms with Gasteiger partial charge < -0.3 is 0 Å². The summed E-state index contributed by atoms with van der Waals surface area (Å²) in [5, 5.41) is 0.698. The van der Waals surface area contributed by atoms with Crippen LogP contribution in [-0.2, 0) is 5.41 Å². The van der Waals surface area contributed by atoms with Crippen molar-refractivity contribution in [3.63, 3.8) is 0 Å². The minimum atomic E-state index is -1.64. The maximum Gasteiger partial charge on any atom is 0.195 e. The van der Waals surface area contributed by atoms with Gasteiger partial charge in [-0.2, -0.15) is 0 Å². The van der Waals surface area contributed by atoms with Gasteiger partial charge >= 0.3 is 0 Å². The predicted molar refractivity (Wildman–Crippen MR) is 122 cm³/mol. The SMILES string of the molecule is CCP(C(=O)c1c(C)cc(C(C)(C)C)cc1C)C(=O)c1c(Cl)cc(Cl)cc1Cl. The molecule has 2 nitrogen and oxygen atoms in total. The van der Waals surface area contributed by atoms with Crippen LogP contribution in [0.25, 0.3) is 0 Å². The van der Waals surface area contributed by atoms with Crippen molar-refractivity contribution >= 4 is 53.8 Å². The minimum absolute atomic E-state index is 0.0211. The number of aryl methyl sites for hydroxylation is 2. The lowest BCUT2D eigenvalue weighted by molar-refractivity contribution is 0.105. The van der Waals surface area contributed by atoms with Crippen LogP contribution in [0.2, 0.25) is 15.1 Å². The number of rotatable bonds is 5. The highest BCUT2D eigenvalue weighted by atomic mass is 35.5. The van der Waals surface area contributed by atoms with Crippen molar-refractivity contribution in [3.8, 4) is 0 Å². The number of carbonyl (C=O) groups is 2. The lowest BCUT2D eigenvalue weighted by Crippen LogP contribution is -2.15. The Hall–Kier alpha value is -0.920. The molecule has 0 aromatic heterocycles. The van der Waals surface area contributed by atoms with Gasteiger partial charge in [-0.15, -0.1) is 0 Å². The summed E-state index contributed by atoms with van der Waals surface area (Å²) >= 11 is 18.4. The third kappa shape index (κ3) is 4.79. The number of hydrogen-bond acceptors (Lipinski definition) is 2. The van der Waals surface area contributed by atoms with Gasteiger partial charge in [-0.05, 0) is 54.2 Å². The number of benzene rings is 2. The van der Waals surface area contributed by atoms with Crippen molar-refractivity contribution in [1.82, 2.24) is 0 Å². The predicted octanol–water partition coefficient (Wildman–Crippen LogP) is 8.04. The molecule has 0 heterocycles. The third-order valence-corrected chi connectivity index (χ3v) is 7.51. The first-order chi connectivity index (χ1) is 12.9. The summed E-state index contributed by atoms with van der Waals surface area (Å²) in [5.41, 5.74) is 3.26. The van der Waals surface area contributed by atoms with E-state index in [2.05, 4.69) is 20.8 Å². The van der Waals surface area contributed by atoms with Gasteiger partial charge in [-0.1, -0.05) is 74.6 Å². The summed E-state index contributed by atoms with van der Waals surface area (Å²) in [6.07, 6.45) is 0.419. The van der Waals surface area contributed by atoms with Crippen LogP contribution in [0.5, 0.6) is 0 Å². The highest BCUT2D eigenvalue weighted by Gasteiger charge is 2.32. The Morgan fingerprint density at radius 1 is 0.857 bits per heavy atom. The molecule has 0 aliphatic heterocycles. The molecular weight excluding hydrogens is 434 g/mol. The van der Waals surface area contributed by atoms with Gasteiger partial charge in [0, 0.05) is 18.5 Å². The van der Waals surface area contributed by atoms with Crippen LogP contribution in [0.4, 0.5) is 0 Å². The van der Waals surface area contributed by atoms with E-state index < -0.39 is 7.92 Å². The lowest BCUT2D eigenvalue weighted by atomic mass is 9.84. The zero-order valence-electron chi connectivity index (χ0n) is 16.9. The second kappa shape index (κ2) is 8.84. The van der Waals surface area contributed by atoms with E-state index in [0.717, 1.165) is 16.7 Å². The largest absolute Gasteiger partial charge is 0.289 e. The van der Waals surface area contributed by atoms with Crippen molar-refractivity contribution in [1.29, 1.82) is 0 Å². The maximum absolute atomic E-state index is 13.4. The Kier molecular flexibility index (Phi) is 7.37. The van der Waals surface area contributed by atoms with Gasteiger partial charge in [0.25, 0.3) is 0 Å². The Bertz CT molecular complexity index is 899. The highest BCUT2D eigenvalue weighted by molar-refractivity contribution is 7.90. The van der Waals surface area contributed by atoms with Crippen LogP contribution in [0, 0.1) is 13.8 Å². The Morgan fingerprint density at radius 2 is 1.29 bits per heavy atom. The van der Waals surface area contributed by atoms with E-state index in [1.54, 1.807) is 0 Å². The summed E-state index contributed by atoms with van der Waals surface area (Å²) in [6.45, 7) is 12.1. The Balaban J connectivity index is 2.52. The van der Waals surface area contributed by atoms with Crippen molar-refractivity contribution in [2.24, 2.45) is 0 Å². The lowest BCUT2D eigenvalue weighted by Gasteiger charge is -2.23. The number of carbonyl (C=O) groups excluding carboxylic acids is 2. The summed E-state index contributed by atoms with van der Waals surface area (Å²) in [5.74, 6) is 0. The van der Waals surface area contributed by atoms with Crippen molar-refractivity contribution < 1.29 is 9.59 Å². The fourth-order valence-electron chi connectivity index (χ4n) is 3.13. The van der Waals surface area contributed by atoms with E-state index >= 15 is 0 Å². The quantitative estimate of drug-likeness (QED) is 0.426. The van der Waals surface area contributed by atoms with Gasteiger partial charge in [-0.25, -0.2) is 0 Å². The van der Waals surface area contributed by atoms with E-state index in [1.165, 1.54) is 12.1 Å². The molecule has 0 spiro atoms. The molecule has 0 bridgehead atoms. The molecule has 0 aliphatic rings. The summed E-state index contributed by atoms with van der Waals surface area (Å²) in [6, 6.07) is 7.03. The molecule has 1 atom stereocenters. The van der Waals surface area contributed by atoms with Gasteiger partial charge in [0.15, 0.2) is 11.0 Å². The average Bonchev–Trinajstić information content (AvgIpc) is 2.52. The summed E-state index contributed by atoms with van der Waals surface area (Å²) in [4.78, 5) is 26.6. The fraction of sp³-hybridized carbons (Fsp3) is 0.364. The normalized spacial score (nSPS) is 12.8. The molecule has 1 unspecified atom stereocenters. The Morgan fingerprint density at radius 3 is 1.68 bits per heavy atom. The van der Waals surface area contributed by atoms with E-state index in [0.29, 0.717) is 16.7 Å². The molecule has 0 amide bonds. The van der Waals surface area contributed by atoms with Crippen molar-refractivity contribution in [3.05, 3.63) is 67.2 Å². The zero-order chi connectivity index (χ0) is 21.4. The topological polar surface area (TPSA) is 34.1 Å². The van der Waals surface area contributed by atoms with Crippen LogP contribution in [-0.4, -0.2) is 17.2 Å². The Labute approximate surface area is 183 Å². The standard InChI is InChI=1S/C22H24Cl3O2P/c1-7-28(21(27)19-16(24)10-15(23)11-17(19)25)20(26)18-12(2)8-14(9-13(18)3)22(4,5)6/h8-11H,7H2,1-6H3. The van der Waals surface area contributed by atoms with E-state index in [1.807, 2.05) is 32.9 Å². The zero-order valence-corrected chi connectivity index (χ0v) is 20.1. The summed E-state index contributed by atoms with van der Waals surface area (Å²) < 4.78 is 0. The molecule has 6 heteroatoms. The molecule has 0 saturated heterocycles. The van der Waals surface area contributed by atoms with Gasteiger partial charge in [0.05, 0.1) is 15.6 Å². The molecular formula is C22H24Cl3O2P. The first-order valence-electron chi connectivity index (χ1n) is 9.01. The van der Waals surface area contributed by atoms with Crippen LogP contribution < -0.4 is 0 Å². The molecule has 28 heavy (non-hydrogen) atoms. The fourth-order valence-corrected chi connectivity index (χ4v) is 6.14. The number of hydrogen-bond donors (Lipinski definition) is 0. The van der Waals surface area contributed by atoms with E-state index in [9.17, 15) is 9.59 Å². The second-order valence-electron chi connectivity index (χ2n) is 7.83. The summed E-state index contributed by atoms with van der Waals surface area (Å²) in [7, 11) is -1.64. The molecule has 2 aromatic carbocycles. The average molecular weight is 458 g/mol. The van der Waals surface area contributed by atoms with Crippen LogP contribution >= 0.6 is 42.7 Å². The smallest absolute Gasteiger partial charge is 0.195 e. The van der Waals surface area contributed by atoms with Crippen LogP contribution in [0.1, 0.15) is 65.1 Å². The molecule has 0 N–H and O–H groups in total. The molecule has 2 rings (SSSR count). The van der Waals surface area contributed by atoms with Crippen LogP contribution in [0.3, 0.4) is 0 Å². The van der Waals surface area contributed by atoms with Crippen LogP contribution in [0.15, 0.2) is 24.3 Å². The molecule has 0 saturated carbocycles. The molecule has 150 valence electrons.